The van der Waals surface area contributed by atoms with Gasteiger partial charge in [0.1, 0.15) is 0 Å². The molecule has 0 radical (unpaired) electrons. The molecule has 2 rings (SSSR count). The molecule has 0 aliphatic heterocycles. The summed E-state index contributed by atoms with van der Waals surface area (Å²) in [7, 11) is 0. The number of hydrogen-bond donors (Lipinski definition) is 1. The molecule has 0 atom stereocenters. The molecule has 94 valence electrons. The van der Waals surface area contributed by atoms with Crippen molar-refractivity contribution >= 4 is 0 Å². The minimum atomic E-state index is -3.97. The predicted molar refractivity (Wildman–Crippen MR) is 57.1 cm³/mol. The summed E-state index contributed by atoms with van der Waals surface area (Å²) < 4.78 is 37.2. The number of nitrogens with one attached hydrogen (secondary N) is 1. The molecule has 0 bridgehead atoms. The Labute approximate surface area is 94.8 Å². The van der Waals surface area contributed by atoms with Crippen molar-refractivity contribution in [2.24, 2.45) is 11.8 Å². The lowest BCUT2D eigenvalue weighted by atomic mass is 9.85. The van der Waals surface area contributed by atoms with Gasteiger partial charge in [0, 0.05) is 6.04 Å². The topological polar surface area (TPSA) is 12.0 Å². The zero-order chi connectivity index (χ0) is 11.6. The van der Waals surface area contributed by atoms with Crippen molar-refractivity contribution in [2.75, 3.05) is 6.54 Å². The Morgan fingerprint density at radius 1 is 0.938 bits per heavy atom. The van der Waals surface area contributed by atoms with Crippen LogP contribution in [0.15, 0.2) is 0 Å². The van der Waals surface area contributed by atoms with E-state index in [0.29, 0.717) is 31.7 Å². The van der Waals surface area contributed by atoms with Gasteiger partial charge in [-0.1, -0.05) is 12.8 Å². The average Bonchev–Trinajstić information content (AvgIpc) is 3.01. The number of alkyl halides is 3. The molecule has 0 aromatic rings. The molecule has 2 aliphatic rings. The maximum atomic E-state index is 12.4. The molecule has 16 heavy (non-hydrogen) atoms. The summed E-state index contributed by atoms with van der Waals surface area (Å²) in [6.45, 7) is 0.992. The maximum absolute atomic E-state index is 12.4. The van der Waals surface area contributed by atoms with Gasteiger partial charge in [-0.25, -0.2) is 0 Å². The highest BCUT2D eigenvalue weighted by Gasteiger charge is 2.41. The van der Waals surface area contributed by atoms with Crippen LogP contribution in [0.2, 0.25) is 0 Å². The fraction of sp³-hybridized carbons (Fsp3) is 1.00. The van der Waals surface area contributed by atoms with Crippen LogP contribution in [0.5, 0.6) is 0 Å². The van der Waals surface area contributed by atoms with Crippen molar-refractivity contribution in [1.82, 2.24) is 5.32 Å². The van der Waals surface area contributed by atoms with E-state index in [-0.39, 0.29) is 0 Å². The van der Waals surface area contributed by atoms with Crippen molar-refractivity contribution in [3.63, 3.8) is 0 Å². The van der Waals surface area contributed by atoms with E-state index >= 15 is 0 Å². The van der Waals surface area contributed by atoms with Gasteiger partial charge >= 0.3 is 6.18 Å². The van der Waals surface area contributed by atoms with Crippen LogP contribution in [0, 0.1) is 11.8 Å². The first-order chi connectivity index (χ1) is 7.55. The third kappa shape index (κ3) is 3.65. The molecule has 0 spiro atoms. The van der Waals surface area contributed by atoms with Crippen LogP contribution >= 0.6 is 0 Å². The first kappa shape index (κ1) is 12.2. The van der Waals surface area contributed by atoms with Crippen molar-refractivity contribution in [2.45, 2.75) is 57.2 Å². The quantitative estimate of drug-likeness (QED) is 0.786. The van der Waals surface area contributed by atoms with E-state index in [1.807, 2.05) is 0 Å². The third-order valence-corrected chi connectivity index (χ3v) is 3.87. The summed E-state index contributed by atoms with van der Waals surface area (Å²) in [5, 5.41) is 3.40. The van der Waals surface area contributed by atoms with Gasteiger partial charge < -0.3 is 5.32 Å². The summed E-state index contributed by atoms with van der Waals surface area (Å²) in [5.74, 6) is -0.145. The lowest BCUT2D eigenvalue weighted by Crippen LogP contribution is -2.37. The van der Waals surface area contributed by atoms with E-state index in [1.165, 1.54) is 19.3 Å². The number of hydrogen-bond acceptors (Lipinski definition) is 1. The lowest BCUT2D eigenvalue weighted by Gasteiger charge is -2.30. The standard InChI is InChI=1S/C12H20F3N/c13-12(14,15)10-3-5-11(6-4-10)16-8-7-9-1-2-9/h9-11,16H,1-8H2. The van der Waals surface area contributed by atoms with Gasteiger partial charge in [-0.05, 0) is 44.6 Å². The Balaban J connectivity index is 1.60. The fourth-order valence-electron chi connectivity index (χ4n) is 2.52. The lowest BCUT2D eigenvalue weighted by molar-refractivity contribution is -0.182. The van der Waals surface area contributed by atoms with Crippen LogP contribution < -0.4 is 5.32 Å². The van der Waals surface area contributed by atoms with Crippen molar-refractivity contribution in [3.8, 4) is 0 Å². The van der Waals surface area contributed by atoms with Crippen molar-refractivity contribution in [3.05, 3.63) is 0 Å². The SMILES string of the molecule is FC(F)(F)C1CCC(NCCC2CC2)CC1. The molecule has 2 fully saturated rings. The van der Waals surface area contributed by atoms with Crippen molar-refractivity contribution in [1.29, 1.82) is 0 Å². The summed E-state index contributed by atoms with van der Waals surface area (Å²) in [6, 6.07) is 0.331. The fourth-order valence-corrected chi connectivity index (χ4v) is 2.52. The summed E-state index contributed by atoms with van der Waals surface area (Å²) >= 11 is 0. The molecule has 0 amide bonds. The monoisotopic (exact) mass is 235 g/mol. The highest BCUT2D eigenvalue weighted by Crippen LogP contribution is 2.37. The molecule has 2 aliphatic carbocycles. The zero-order valence-electron chi connectivity index (χ0n) is 9.52. The normalized spacial score (nSPS) is 31.7. The Morgan fingerprint density at radius 3 is 2.06 bits per heavy atom. The van der Waals surface area contributed by atoms with Gasteiger partial charge in [0.25, 0.3) is 0 Å². The summed E-state index contributed by atoms with van der Waals surface area (Å²) in [4.78, 5) is 0. The van der Waals surface area contributed by atoms with Crippen LogP contribution in [-0.4, -0.2) is 18.8 Å². The van der Waals surface area contributed by atoms with Gasteiger partial charge in [0.05, 0.1) is 5.92 Å². The number of rotatable bonds is 4. The Kier molecular flexibility index (Phi) is 3.77. The van der Waals surface area contributed by atoms with Crippen LogP contribution in [0.25, 0.3) is 0 Å². The number of halogens is 3. The van der Waals surface area contributed by atoms with Crippen molar-refractivity contribution < 1.29 is 13.2 Å². The van der Waals surface area contributed by atoms with Gasteiger partial charge in [0.2, 0.25) is 0 Å². The molecule has 2 saturated carbocycles. The molecule has 4 heteroatoms. The second kappa shape index (κ2) is 4.94. The first-order valence-electron chi connectivity index (χ1n) is 6.36. The largest absolute Gasteiger partial charge is 0.391 e. The van der Waals surface area contributed by atoms with E-state index in [1.54, 1.807) is 0 Å². The Hall–Kier alpha value is -0.250. The maximum Gasteiger partial charge on any atom is 0.391 e. The molecule has 0 aromatic carbocycles. The van der Waals surface area contributed by atoms with Crippen LogP contribution in [0.3, 0.4) is 0 Å². The van der Waals surface area contributed by atoms with Gasteiger partial charge in [-0.3, -0.25) is 0 Å². The minimum Gasteiger partial charge on any atom is -0.314 e. The highest BCUT2D eigenvalue weighted by molar-refractivity contribution is 4.81. The molecule has 0 aromatic heterocycles. The molecule has 0 unspecified atom stereocenters. The van der Waals surface area contributed by atoms with Gasteiger partial charge in [-0.2, -0.15) is 13.2 Å². The molecule has 0 heterocycles. The van der Waals surface area contributed by atoms with Gasteiger partial charge in [0.15, 0.2) is 0 Å². The van der Waals surface area contributed by atoms with Crippen LogP contribution in [0.4, 0.5) is 13.2 Å². The highest BCUT2D eigenvalue weighted by atomic mass is 19.4. The van der Waals surface area contributed by atoms with E-state index in [2.05, 4.69) is 5.32 Å². The minimum absolute atomic E-state index is 0.310. The third-order valence-electron chi connectivity index (χ3n) is 3.87. The first-order valence-corrected chi connectivity index (χ1v) is 6.36. The Bertz CT molecular complexity index is 215. The smallest absolute Gasteiger partial charge is 0.314 e. The van der Waals surface area contributed by atoms with E-state index < -0.39 is 12.1 Å². The molecule has 1 N–H and O–H groups in total. The molecular formula is C12H20F3N. The molecular weight excluding hydrogens is 215 g/mol. The van der Waals surface area contributed by atoms with Crippen LogP contribution in [0.1, 0.15) is 44.9 Å². The zero-order valence-corrected chi connectivity index (χ0v) is 9.52. The van der Waals surface area contributed by atoms with E-state index in [9.17, 15) is 13.2 Å². The predicted octanol–water partition coefficient (Wildman–Crippen LogP) is 3.50. The molecule has 1 nitrogen and oxygen atoms in total. The second-order valence-electron chi connectivity index (χ2n) is 5.28. The van der Waals surface area contributed by atoms with Crippen LogP contribution in [-0.2, 0) is 0 Å². The van der Waals surface area contributed by atoms with E-state index in [0.717, 1.165) is 12.5 Å². The second-order valence-corrected chi connectivity index (χ2v) is 5.28. The van der Waals surface area contributed by atoms with E-state index in [4.69, 9.17) is 0 Å². The summed E-state index contributed by atoms with van der Waals surface area (Å²) in [6.07, 6.45) is 1.93. The Morgan fingerprint density at radius 2 is 1.56 bits per heavy atom. The molecule has 0 saturated heterocycles. The summed E-state index contributed by atoms with van der Waals surface area (Å²) in [5.41, 5.74) is 0. The average molecular weight is 235 g/mol. The van der Waals surface area contributed by atoms with Gasteiger partial charge in [-0.15, -0.1) is 0 Å².